The number of nitrogens with zero attached hydrogens (tertiary/aromatic N) is 2. The quantitative estimate of drug-likeness (QED) is 0.902. The molecule has 0 atom stereocenters. The summed E-state index contributed by atoms with van der Waals surface area (Å²) in [4.78, 5) is 15.0. The number of hydrogen-bond donors (Lipinski definition) is 1. The van der Waals surface area contributed by atoms with Crippen molar-refractivity contribution in [2.24, 2.45) is 0 Å². The van der Waals surface area contributed by atoms with E-state index in [1.807, 2.05) is 24.3 Å². The first-order valence-corrected chi connectivity index (χ1v) is 9.37. The highest BCUT2D eigenvalue weighted by molar-refractivity contribution is 5.94. The van der Waals surface area contributed by atoms with Gasteiger partial charge in [-0.2, -0.15) is 0 Å². The fraction of sp³-hybridized carbons (Fsp3) is 0.476. The van der Waals surface area contributed by atoms with Gasteiger partial charge in [0.15, 0.2) is 0 Å². The van der Waals surface area contributed by atoms with E-state index in [2.05, 4.69) is 47.7 Å². The van der Waals surface area contributed by atoms with Gasteiger partial charge in [0.05, 0.1) is 0 Å². The van der Waals surface area contributed by atoms with Crippen LogP contribution in [0.4, 0.5) is 0 Å². The average molecular weight is 339 g/mol. The van der Waals surface area contributed by atoms with Gasteiger partial charge in [-0.25, -0.2) is 0 Å². The molecule has 1 aliphatic heterocycles. The molecule has 0 bridgehead atoms. The third-order valence-corrected chi connectivity index (χ3v) is 5.12. The van der Waals surface area contributed by atoms with E-state index in [1.165, 1.54) is 24.4 Å². The Morgan fingerprint density at radius 3 is 2.20 bits per heavy atom. The van der Waals surface area contributed by atoms with Gasteiger partial charge in [-0.05, 0) is 76.1 Å². The van der Waals surface area contributed by atoms with Crippen molar-refractivity contribution in [3.63, 3.8) is 0 Å². The van der Waals surface area contributed by atoms with E-state index in [0.717, 1.165) is 37.2 Å². The third kappa shape index (κ3) is 4.13. The number of hydrogen-bond acceptors (Lipinski definition) is 2. The molecule has 25 heavy (non-hydrogen) atoms. The second-order valence-corrected chi connectivity index (χ2v) is 7.09. The Labute approximate surface area is 150 Å². The van der Waals surface area contributed by atoms with Gasteiger partial charge >= 0.3 is 0 Å². The van der Waals surface area contributed by atoms with E-state index in [9.17, 15) is 4.79 Å². The molecule has 0 aliphatic carbocycles. The zero-order valence-corrected chi connectivity index (χ0v) is 15.6. The topological polar surface area (TPSA) is 37.3 Å². The van der Waals surface area contributed by atoms with Crippen LogP contribution in [0.3, 0.4) is 0 Å². The van der Waals surface area contributed by atoms with E-state index >= 15 is 0 Å². The van der Waals surface area contributed by atoms with Crippen molar-refractivity contribution in [3.8, 4) is 5.69 Å². The first-order chi connectivity index (χ1) is 12.1. The van der Waals surface area contributed by atoms with Crippen LogP contribution < -0.4 is 5.32 Å². The fourth-order valence-corrected chi connectivity index (χ4v) is 3.72. The van der Waals surface area contributed by atoms with Crippen LogP contribution in [0.2, 0.25) is 0 Å². The SMILES string of the molecule is CCCN1CCC(NC(=O)c2ccc(-n3c(C)ccc3C)cc2)CC1. The molecule has 1 amide bonds. The number of aromatic nitrogens is 1. The van der Waals surface area contributed by atoms with Crippen molar-refractivity contribution in [2.75, 3.05) is 19.6 Å². The minimum Gasteiger partial charge on any atom is -0.349 e. The molecule has 134 valence electrons. The Kier molecular flexibility index (Phi) is 5.59. The largest absolute Gasteiger partial charge is 0.349 e. The molecular formula is C21H29N3O. The summed E-state index contributed by atoms with van der Waals surface area (Å²) >= 11 is 0. The van der Waals surface area contributed by atoms with E-state index in [-0.39, 0.29) is 5.91 Å². The summed E-state index contributed by atoms with van der Waals surface area (Å²) in [6, 6.07) is 12.4. The third-order valence-electron chi connectivity index (χ3n) is 5.12. The van der Waals surface area contributed by atoms with Crippen LogP contribution in [-0.2, 0) is 0 Å². The molecule has 1 aromatic heterocycles. The van der Waals surface area contributed by atoms with Gasteiger partial charge in [0.25, 0.3) is 5.91 Å². The molecule has 1 fully saturated rings. The summed E-state index contributed by atoms with van der Waals surface area (Å²) in [7, 11) is 0. The molecule has 1 N–H and O–H groups in total. The van der Waals surface area contributed by atoms with Crippen molar-refractivity contribution < 1.29 is 4.79 Å². The Morgan fingerprint density at radius 2 is 1.64 bits per heavy atom. The second kappa shape index (κ2) is 7.87. The van der Waals surface area contributed by atoms with Gasteiger partial charge in [0.2, 0.25) is 0 Å². The molecule has 2 aromatic rings. The van der Waals surface area contributed by atoms with Crippen molar-refractivity contribution in [3.05, 3.63) is 53.3 Å². The van der Waals surface area contributed by atoms with Gasteiger partial charge < -0.3 is 14.8 Å². The monoisotopic (exact) mass is 339 g/mol. The fourth-order valence-electron chi connectivity index (χ4n) is 3.72. The number of rotatable bonds is 5. The minimum absolute atomic E-state index is 0.0430. The number of nitrogens with one attached hydrogen (secondary N) is 1. The summed E-state index contributed by atoms with van der Waals surface area (Å²) in [5.74, 6) is 0.0430. The van der Waals surface area contributed by atoms with E-state index in [1.54, 1.807) is 0 Å². The maximum absolute atomic E-state index is 12.5. The van der Waals surface area contributed by atoms with Gasteiger partial charge in [-0.15, -0.1) is 0 Å². The molecule has 0 spiro atoms. The lowest BCUT2D eigenvalue weighted by molar-refractivity contribution is 0.0911. The van der Waals surface area contributed by atoms with Crippen LogP contribution in [0.25, 0.3) is 5.69 Å². The number of carbonyl (C=O) groups is 1. The first-order valence-electron chi connectivity index (χ1n) is 9.37. The maximum Gasteiger partial charge on any atom is 0.251 e. The van der Waals surface area contributed by atoms with Crippen LogP contribution >= 0.6 is 0 Å². The Morgan fingerprint density at radius 1 is 1.04 bits per heavy atom. The van der Waals surface area contributed by atoms with Gasteiger partial charge in [0, 0.05) is 41.8 Å². The molecule has 2 heterocycles. The van der Waals surface area contributed by atoms with Crippen molar-refractivity contribution in [1.82, 2.24) is 14.8 Å². The molecule has 0 saturated carbocycles. The smallest absolute Gasteiger partial charge is 0.251 e. The molecule has 1 aliphatic rings. The molecule has 1 saturated heterocycles. The summed E-state index contributed by atoms with van der Waals surface area (Å²) in [5.41, 5.74) is 4.24. The molecule has 4 nitrogen and oxygen atoms in total. The first kappa shape index (κ1) is 17.7. The zero-order valence-electron chi connectivity index (χ0n) is 15.6. The molecule has 0 radical (unpaired) electrons. The predicted octanol–water partition coefficient (Wildman–Crippen LogP) is 3.70. The Hall–Kier alpha value is -2.07. The lowest BCUT2D eigenvalue weighted by Gasteiger charge is -2.32. The highest BCUT2D eigenvalue weighted by Gasteiger charge is 2.20. The standard InChI is InChI=1S/C21H29N3O/c1-4-13-23-14-11-19(12-15-23)22-21(25)18-7-9-20(10-8-18)24-16(2)5-6-17(24)3/h5-10,19H,4,11-15H2,1-3H3,(H,22,25). The predicted molar refractivity (Wildman–Crippen MR) is 102 cm³/mol. The van der Waals surface area contributed by atoms with Gasteiger partial charge in [-0.3, -0.25) is 4.79 Å². The van der Waals surface area contributed by atoms with Gasteiger partial charge in [-0.1, -0.05) is 6.92 Å². The normalized spacial score (nSPS) is 16.1. The molecule has 3 rings (SSSR count). The molecule has 0 unspecified atom stereocenters. The van der Waals surface area contributed by atoms with Gasteiger partial charge in [0.1, 0.15) is 0 Å². The summed E-state index contributed by atoms with van der Waals surface area (Å²) < 4.78 is 2.20. The minimum atomic E-state index is 0.0430. The summed E-state index contributed by atoms with van der Waals surface area (Å²) in [6.07, 6.45) is 3.29. The van der Waals surface area contributed by atoms with E-state index in [0.29, 0.717) is 6.04 Å². The van der Waals surface area contributed by atoms with Crippen LogP contribution in [0.5, 0.6) is 0 Å². The van der Waals surface area contributed by atoms with Crippen LogP contribution in [-0.4, -0.2) is 41.1 Å². The second-order valence-electron chi connectivity index (χ2n) is 7.09. The lowest BCUT2D eigenvalue weighted by atomic mass is 10.0. The van der Waals surface area contributed by atoms with Crippen molar-refractivity contribution in [2.45, 2.75) is 46.1 Å². The highest BCUT2D eigenvalue weighted by atomic mass is 16.1. The molecule has 1 aromatic carbocycles. The van der Waals surface area contributed by atoms with E-state index in [4.69, 9.17) is 0 Å². The van der Waals surface area contributed by atoms with Crippen molar-refractivity contribution >= 4 is 5.91 Å². The number of benzene rings is 1. The number of likely N-dealkylation sites (tertiary alicyclic amines) is 1. The van der Waals surface area contributed by atoms with Crippen LogP contribution in [0.1, 0.15) is 47.9 Å². The number of carbonyl (C=O) groups excluding carboxylic acids is 1. The molecular weight excluding hydrogens is 310 g/mol. The highest BCUT2D eigenvalue weighted by Crippen LogP contribution is 2.17. The average Bonchev–Trinajstić information content (AvgIpc) is 2.95. The Bertz CT molecular complexity index is 690. The number of amides is 1. The van der Waals surface area contributed by atoms with E-state index < -0.39 is 0 Å². The number of aryl methyl sites for hydroxylation is 2. The number of piperidine rings is 1. The van der Waals surface area contributed by atoms with Crippen molar-refractivity contribution in [1.29, 1.82) is 0 Å². The lowest BCUT2D eigenvalue weighted by Crippen LogP contribution is -2.44. The maximum atomic E-state index is 12.5. The Balaban J connectivity index is 1.60. The summed E-state index contributed by atoms with van der Waals surface area (Å²) in [6.45, 7) is 9.75. The molecule has 4 heteroatoms. The van der Waals surface area contributed by atoms with Crippen LogP contribution in [0, 0.1) is 13.8 Å². The van der Waals surface area contributed by atoms with Crippen LogP contribution in [0.15, 0.2) is 36.4 Å². The summed E-state index contributed by atoms with van der Waals surface area (Å²) in [5, 5.41) is 3.20. The zero-order chi connectivity index (χ0) is 17.8.